The highest BCUT2D eigenvalue weighted by Gasteiger charge is 2.30. The van der Waals surface area contributed by atoms with Crippen LogP contribution in [-0.2, 0) is 25.5 Å². The normalized spacial score (nSPS) is 14.1. The first-order chi connectivity index (χ1) is 11.8. The molecule has 6 nitrogen and oxygen atoms in total. The van der Waals surface area contributed by atoms with Crippen LogP contribution in [0.25, 0.3) is 0 Å². The average Bonchev–Trinajstić information content (AvgIpc) is 2.57. The third-order valence-electron chi connectivity index (χ3n) is 3.99. The zero-order valence-electron chi connectivity index (χ0n) is 15.0. The van der Waals surface area contributed by atoms with Crippen molar-refractivity contribution < 1.29 is 23.5 Å². The van der Waals surface area contributed by atoms with Gasteiger partial charge in [-0.3, -0.25) is 9.59 Å². The standard InChI is InChI=1S/C18H25FN2O4/c1-5-11(2)16(18(24)25-4)21-17(23)15(20-12(3)22)10-13-7-6-8-14(19)9-13/h6-9,11,15-16H,5,10H2,1-4H3,(H,20,22)(H,21,23)/t11-,15+,16-/m0/s1. The third-order valence-corrected chi connectivity index (χ3v) is 3.99. The highest BCUT2D eigenvalue weighted by molar-refractivity contribution is 5.90. The van der Waals surface area contributed by atoms with Crippen molar-refractivity contribution in [1.29, 1.82) is 0 Å². The molecule has 7 heteroatoms. The number of hydrogen-bond acceptors (Lipinski definition) is 4. The number of rotatable bonds is 8. The quantitative estimate of drug-likeness (QED) is 0.696. The number of carbonyl (C=O) groups is 3. The van der Waals surface area contributed by atoms with E-state index >= 15 is 0 Å². The minimum atomic E-state index is -0.921. The molecule has 0 spiro atoms. The van der Waals surface area contributed by atoms with Crippen LogP contribution in [0.4, 0.5) is 4.39 Å². The van der Waals surface area contributed by atoms with Gasteiger partial charge in [-0.05, 0) is 23.6 Å². The molecule has 25 heavy (non-hydrogen) atoms. The van der Waals surface area contributed by atoms with Crippen molar-refractivity contribution in [3.63, 3.8) is 0 Å². The first-order valence-corrected chi connectivity index (χ1v) is 8.18. The van der Waals surface area contributed by atoms with Crippen molar-refractivity contribution in [3.8, 4) is 0 Å². The Balaban J connectivity index is 2.94. The van der Waals surface area contributed by atoms with Crippen LogP contribution in [-0.4, -0.2) is 37.0 Å². The zero-order valence-corrected chi connectivity index (χ0v) is 15.0. The maximum Gasteiger partial charge on any atom is 0.328 e. The molecule has 3 atom stereocenters. The SMILES string of the molecule is CC[C@H](C)[C@H](NC(=O)[C@@H](Cc1cccc(F)c1)NC(C)=O)C(=O)OC. The van der Waals surface area contributed by atoms with E-state index in [2.05, 4.69) is 10.6 Å². The molecule has 0 saturated carbocycles. The van der Waals surface area contributed by atoms with Crippen LogP contribution in [0.15, 0.2) is 24.3 Å². The second-order valence-electron chi connectivity index (χ2n) is 5.98. The summed E-state index contributed by atoms with van der Waals surface area (Å²) in [6.45, 7) is 5.00. The maximum atomic E-state index is 13.3. The van der Waals surface area contributed by atoms with Gasteiger partial charge in [0.15, 0.2) is 0 Å². The summed E-state index contributed by atoms with van der Waals surface area (Å²) in [6.07, 6.45) is 0.770. The largest absolute Gasteiger partial charge is 0.467 e. The Morgan fingerprint density at radius 2 is 1.92 bits per heavy atom. The molecule has 0 heterocycles. The molecule has 0 aliphatic heterocycles. The molecule has 0 aliphatic rings. The maximum absolute atomic E-state index is 13.3. The fraction of sp³-hybridized carbons (Fsp3) is 0.500. The van der Waals surface area contributed by atoms with Crippen LogP contribution < -0.4 is 10.6 Å². The van der Waals surface area contributed by atoms with E-state index in [0.29, 0.717) is 12.0 Å². The predicted molar refractivity (Wildman–Crippen MR) is 91.1 cm³/mol. The first-order valence-electron chi connectivity index (χ1n) is 8.18. The number of amides is 2. The summed E-state index contributed by atoms with van der Waals surface area (Å²) < 4.78 is 18.1. The van der Waals surface area contributed by atoms with Crippen molar-refractivity contribution in [3.05, 3.63) is 35.6 Å². The number of methoxy groups -OCH3 is 1. The van der Waals surface area contributed by atoms with Crippen molar-refractivity contribution in [2.24, 2.45) is 5.92 Å². The molecular formula is C18H25FN2O4. The summed E-state index contributed by atoms with van der Waals surface area (Å²) in [6, 6.07) is 4.06. The highest BCUT2D eigenvalue weighted by atomic mass is 19.1. The van der Waals surface area contributed by atoms with E-state index in [-0.39, 0.29) is 12.3 Å². The number of ether oxygens (including phenoxy) is 1. The van der Waals surface area contributed by atoms with Gasteiger partial charge >= 0.3 is 5.97 Å². The molecule has 0 aliphatic carbocycles. The number of carbonyl (C=O) groups excluding carboxylic acids is 3. The summed E-state index contributed by atoms with van der Waals surface area (Å²) in [5, 5.41) is 5.18. The Morgan fingerprint density at radius 3 is 2.44 bits per heavy atom. The molecule has 0 unspecified atom stereocenters. The number of nitrogens with one attached hydrogen (secondary N) is 2. The Morgan fingerprint density at radius 1 is 1.24 bits per heavy atom. The summed E-state index contributed by atoms with van der Waals surface area (Å²) >= 11 is 0. The van der Waals surface area contributed by atoms with Crippen molar-refractivity contribution in [2.45, 2.75) is 45.7 Å². The van der Waals surface area contributed by atoms with Crippen LogP contribution in [0, 0.1) is 11.7 Å². The van der Waals surface area contributed by atoms with Crippen LogP contribution >= 0.6 is 0 Å². The lowest BCUT2D eigenvalue weighted by Crippen LogP contribution is -2.54. The topological polar surface area (TPSA) is 84.5 Å². The van der Waals surface area contributed by atoms with Crippen LogP contribution in [0.1, 0.15) is 32.8 Å². The Hall–Kier alpha value is -2.44. The Bertz CT molecular complexity index is 621. The number of benzene rings is 1. The molecule has 1 aromatic carbocycles. The average molecular weight is 352 g/mol. The molecule has 138 valence electrons. The Labute approximate surface area is 147 Å². The van der Waals surface area contributed by atoms with Gasteiger partial charge in [0.1, 0.15) is 17.9 Å². The van der Waals surface area contributed by atoms with Crippen molar-refractivity contribution >= 4 is 17.8 Å². The summed E-state index contributed by atoms with van der Waals surface area (Å²) in [4.78, 5) is 35.9. The monoisotopic (exact) mass is 352 g/mol. The zero-order chi connectivity index (χ0) is 19.0. The van der Waals surface area contributed by atoms with Gasteiger partial charge in [-0.25, -0.2) is 9.18 Å². The van der Waals surface area contributed by atoms with E-state index in [1.807, 2.05) is 13.8 Å². The van der Waals surface area contributed by atoms with E-state index in [1.54, 1.807) is 6.07 Å². The number of esters is 1. The predicted octanol–water partition coefficient (Wildman–Crippen LogP) is 1.58. The highest BCUT2D eigenvalue weighted by Crippen LogP contribution is 2.11. The minimum Gasteiger partial charge on any atom is -0.467 e. The van der Waals surface area contributed by atoms with Gasteiger partial charge in [-0.1, -0.05) is 32.4 Å². The lowest BCUT2D eigenvalue weighted by Gasteiger charge is -2.25. The molecule has 1 aromatic rings. The van der Waals surface area contributed by atoms with E-state index < -0.39 is 35.7 Å². The molecule has 1 rings (SSSR count). The molecule has 2 N–H and O–H groups in total. The lowest BCUT2D eigenvalue weighted by atomic mass is 9.98. The van der Waals surface area contributed by atoms with E-state index in [1.165, 1.54) is 32.2 Å². The smallest absolute Gasteiger partial charge is 0.328 e. The van der Waals surface area contributed by atoms with Crippen LogP contribution in [0.3, 0.4) is 0 Å². The molecular weight excluding hydrogens is 327 g/mol. The van der Waals surface area contributed by atoms with E-state index in [9.17, 15) is 18.8 Å². The van der Waals surface area contributed by atoms with Gasteiger partial charge < -0.3 is 15.4 Å². The molecule has 0 radical (unpaired) electrons. The number of halogens is 1. The summed E-state index contributed by atoms with van der Waals surface area (Å²) in [7, 11) is 1.25. The van der Waals surface area contributed by atoms with Gasteiger partial charge in [0, 0.05) is 13.3 Å². The fourth-order valence-corrected chi connectivity index (χ4v) is 2.40. The van der Waals surface area contributed by atoms with Crippen LogP contribution in [0.2, 0.25) is 0 Å². The van der Waals surface area contributed by atoms with Gasteiger partial charge in [0.2, 0.25) is 11.8 Å². The van der Waals surface area contributed by atoms with Gasteiger partial charge in [-0.2, -0.15) is 0 Å². The molecule has 0 fully saturated rings. The minimum absolute atomic E-state index is 0.109. The second-order valence-corrected chi connectivity index (χ2v) is 5.98. The van der Waals surface area contributed by atoms with Crippen LogP contribution in [0.5, 0.6) is 0 Å². The second kappa shape index (κ2) is 9.76. The number of hydrogen-bond donors (Lipinski definition) is 2. The fourth-order valence-electron chi connectivity index (χ4n) is 2.40. The lowest BCUT2D eigenvalue weighted by molar-refractivity contribution is -0.146. The van der Waals surface area contributed by atoms with E-state index in [0.717, 1.165) is 0 Å². The van der Waals surface area contributed by atoms with Gasteiger partial charge in [0.05, 0.1) is 7.11 Å². The molecule has 0 bridgehead atoms. The summed E-state index contributed by atoms with van der Waals surface area (Å²) in [5.41, 5.74) is 0.562. The van der Waals surface area contributed by atoms with E-state index in [4.69, 9.17) is 4.74 Å². The third kappa shape index (κ3) is 6.52. The summed E-state index contributed by atoms with van der Waals surface area (Å²) in [5.74, 6) is -2.02. The van der Waals surface area contributed by atoms with Gasteiger partial charge in [-0.15, -0.1) is 0 Å². The van der Waals surface area contributed by atoms with Crippen molar-refractivity contribution in [1.82, 2.24) is 10.6 Å². The van der Waals surface area contributed by atoms with Gasteiger partial charge in [0.25, 0.3) is 0 Å². The molecule has 0 saturated heterocycles. The molecule has 0 aromatic heterocycles. The first kappa shape index (κ1) is 20.6. The molecule has 2 amide bonds. The Kier molecular flexibility index (Phi) is 8.04. The van der Waals surface area contributed by atoms with Crippen molar-refractivity contribution in [2.75, 3.05) is 7.11 Å².